The van der Waals surface area contributed by atoms with Crippen LogP contribution in [0.5, 0.6) is 0 Å². The topological polar surface area (TPSA) is 25.2 Å². The maximum Gasteiger partial charge on any atom is 0.134 e. The molecular weight excluding hydrogens is 246 g/mol. The molecule has 1 aromatic heterocycles. The van der Waals surface area contributed by atoms with Crippen molar-refractivity contribution in [1.82, 2.24) is 5.32 Å². The summed E-state index contributed by atoms with van der Waals surface area (Å²) in [5, 5.41) is 5.00. The van der Waals surface area contributed by atoms with Crippen molar-refractivity contribution in [3.05, 3.63) is 35.6 Å². The molecule has 0 spiro atoms. The number of furan rings is 1. The molecule has 0 bridgehead atoms. The van der Waals surface area contributed by atoms with Crippen LogP contribution in [0.4, 0.5) is 0 Å². The lowest BCUT2D eigenvalue weighted by atomic mass is 10.1. The summed E-state index contributed by atoms with van der Waals surface area (Å²) >= 11 is 0. The lowest BCUT2D eigenvalue weighted by molar-refractivity contribution is 0.522. The Balaban J connectivity index is 1.78. The molecule has 2 aromatic rings. The highest BCUT2D eigenvalue weighted by Crippen LogP contribution is 2.34. The maximum absolute atomic E-state index is 6.07. The van der Waals surface area contributed by atoms with Gasteiger partial charge in [-0.2, -0.15) is 0 Å². The van der Waals surface area contributed by atoms with E-state index < -0.39 is 0 Å². The minimum atomic E-state index is 0.729. The number of hydrogen-bond acceptors (Lipinski definition) is 2. The molecule has 0 aliphatic heterocycles. The summed E-state index contributed by atoms with van der Waals surface area (Å²) in [6.45, 7) is 5.47. The first-order valence-electron chi connectivity index (χ1n) is 8.06. The van der Waals surface area contributed by atoms with Crippen LogP contribution in [0.1, 0.15) is 50.9 Å². The van der Waals surface area contributed by atoms with Gasteiger partial charge in [-0.25, -0.2) is 0 Å². The van der Waals surface area contributed by atoms with Gasteiger partial charge in [0.1, 0.15) is 11.3 Å². The van der Waals surface area contributed by atoms with Crippen LogP contribution in [-0.4, -0.2) is 6.04 Å². The molecule has 0 saturated heterocycles. The zero-order chi connectivity index (χ0) is 13.9. The fourth-order valence-electron chi connectivity index (χ4n) is 3.06. The molecule has 1 aliphatic carbocycles. The standard InChI is InChI=1S/C18H25NO/c1-3-5-9-18-15(12-19-16-11-13(16)4-2)14-8-6-7-10-17(14)20-18/h6-8,10,13,16,19H,3-5,9,11-12H2,1-2H3. The summed E-state index contributed by atoms with van der Waals surface area (Å²) < 4.78 is 6.07. The highest BCUT2D eigenvalue weighted by molar-refractivity contribution is 5.82. The first-order chi connectivity index (χ1) is 9.83. The molecule has 20 heavy (non-hydrogen) atoms. The van der Waals surface area contributed by atoms with E-state index in [1.165, 1.54) is 42.4 Å². The molecular formula is C18H25NO. The third-order valence-electron chi connectivity index (χ3n) is 4.53. The van der Waals surface area contributed by atoms with E-state index in [-0.39, 0.29) is 0 Å². The summed E-state index contributed by atoms with van der Waals surface area (Å²) in [5.41, 5.74) is 2.43. The van der Waals surface area contributed by atoms with E-state index in [9.17, 15) is 0 Å². The zero-order valence-corrected chi connectivity index (χ0v) is 12.6. The van der Waals surface area contributed by atoms with Gasteiger partial charge < -0.3 is 9.73 Å². The molecule has 0 amide bonds. The molecule has 2 heteroatoms. The smallest absolute Gasteiger partial charge is 0.134 e. The molecule has 1 N–H and O–H groups in total. The van der Waals surface area contributed by atoms with Gasteiger partial charge in [-0.1, -0.05) is 44.9 Å². The van der Waals surface area contributed by atoms with Crippen molar-refractivity contribution >= 4 is 11.0 Å². The number of para-hydroxylation sites is 1. The van der Waals surface area contributed by atoms with Gasteiger partial charge in [0.05, 0.1) is 0 Å². The Morgan fingerprint density at radius 2 is 2.10 bits per heavy atom. The second-order valence-corrected chi connectivity index (χ2v) is 5.99. The van der Waals surface area contributed by atoms with Crippen LogP contribution in [-0.2, 0) is 13.0 Å². The van der Waals surface area contributed by atoms with E-state index in [1.807, 2.05) is 0 Å². The Labute approximate surface area is 121 Å². The van der Waals surface area contributed by atoms with E-state index in [2.05, 4.69) is 43.4 Å². The predicted octanol–water partition coefficient (Wildman–Crippen LogP) is 4.66. The zero-order valence-electron chi connectivity index (χ0n) is 12.6. The minimum absolute atomic E-state index is 0.729. The van der Waals surface area contributed by atoms with Crippen LogP contribution in [0, 0.1) is 5.92 Å². The first kappa shape index (κ1) is 13.7. The number of aryl methyl sites for hydroxylation is 1. The summed E-state index contributed by atoms with van der Waals surface area (Å²) in [6.07, 6.45) is 6.12. The second-order valence-electron chi connectivity index (χ2n) is 5.99. The molecule has 1 fully saturated rings. The molecule has 1 saturated carbocycles. The summed E-state index contributed by atoms with van der Waals surface area (Å²) in [5.74, 6) is 2.08. The Morgan fingerprint density at radius 1 is 1.25 bits per heavy atom. The van der Waals surface area contributed by atoms with E-state index in [4.69, 9.17) is 4.42 Å². The van der Waals surface area contributed by atoms with Crippen LogP contribution in [0.2, 0.25) is 0 Å². The van der Waals surface area contributed by atoms with Crippen molar-refractivity contribution in [2.45, 2.75) is 58.5 Å². The van der Waals surface area contributed by atoms with Crippen LogP contribution in [0.3, 0.4) is 0 Å². The molecule has 2 atom stereocenters. The van der Waals surface area contributed by atoms with Gasteiger partial charge in [0, 0.05) is 30.0 Å². The monoisotopic (exact) mass is 271 g/mol. The third kappa shape index (κ3) is 2.76. The van der Waals surface area contributed by atoms with Crippen LogP contribution in [0.15, 0.2) is 28.7 Å². The number of unbranched alkanes of at least 4 members (excludes halogenated alkanes) is 1. The normalized spacial score (nSPS) is 21.5. The van der Waals surface area contributed by atoms with Gasteiger partial charge >= 0.3 is 0 Å². The lowest BCUT2D eigenvalue weighted by Crippen LogP contribution is -2.18. The number of nitrogens with one attached hydrogen (secondary N) is 1. The number of benzene rings is 1. The average Bonchev–Trinajstić information content (AvgIpc) is 3.16. The van der Waals surface area contributed by atoms with Gasteiger partial charge in [0.25, 0.3) is 0 Å². The second kappa shape index (κ2) is 6.01. The predicted molar refractivity (Wildman–Crippen MR) is 83.9 cm³/mol. The van der Waals surface area contributed by atoms with Gasteiger partial charge in [-0.3, -0.25) is 0 Å². The minimum Gasteiger partial charge on any atom is -0.461 e. The molecule has 1 heterocycles. The summed E-state index contributed by atoms with van der Waals surface area (Å²) in [4.78, 5) is 0. The first-order valence-corrected chi connectivity index (χ1v) is 8.06. The van der Waals surface area contributed by atoms with Gasteiger partial charge in [0.2, 0.25) is 0 Å². The van der Waals surface area contributed by atoms with Gasteiger partial charge in [-0.15, -0.1) is 0 Å². The molecule has 1 aromatic carbocycles. The molecule has 1 aliphatic rings. The highest BCUT2D eigenvalue weighted by Gasteiger charge is 2.34. The maximum atomic E-state index is 6.07. The highest BCUT2D eigenvalue weighted by atomic mass is 16.3. The van der Waals surface area contributed by atoms with E-state index in [0.717, 1.165) is 30.5 Å². The molecule has 3 rings (SSSR count). The van der Waals surface area contributed by atoms with Gasteiger partial charge in [0.15, 0.2) is 0 Å². The molecule has 2 unspecified atom stereocenters. The van der Waals surface area contributed by atoms with E-state index >= 15 is 0 Å². The SMILES string of the molecule is CCCCc1oc2ccccc2c1CNC1CC1CC. The van der Waals surface area contributed by atoms with Crippen molar-refractivity contribution < 1.29 is 4.42 Å². The molecule has 108 valence electrons. The van der Waals surface area contributed by atoms with Crippen LogP contribution in [0.25, 0.3) is 11.0 Å². The quantitative estimate of drug-likeness (QED) is 0.792. The van der Waals surface area contributed by atoms with E-state index in [1.54, 1.807) is 0 Å². The fourth-order valence-corrected chi connectivity index (χ4v) is 3.06. The Hall–Kier alpha value is -1.28. The van der Waals surface area contributed by atoms with Gasteiger partial charge in [-0.05, 0) is 24.8 Å². The Morgan fingerprint density at radius 3 is 2.85 bits per heavy atom. The van der Waals surface area contributed by atoms with Crippen molar-refractivity contribution in [2.24, 2.45) is 5.92 Å². The molecule has 0 radical (unpaired) electrons. The summed E-state index contributed by atoms with van der Waals surface area (Å²) in [6, 6.07) is 9.17. The lowest BCUT2D eigenvalue weighted by Gasteiger charge is -2.05. The Bertz CT molecular complexity index is 572. The van der Waals surface area contributed by atoms with Crippen molar-refractivity contribution in [3.63, 3.8) is 0 Å². The van der Waals surface area contributed by atoms with Crippen molar-refractivity contribution in [1.29, 1.82) is 0 Å². The third-order valence-corrected chi connectivity index (χ3v) is 4.53. The number of hydrogen-bond donors (Lipinski definition) is 1. The molecule has 2 nitrogen and oxygen atoms in total. The number of rotatable bonds is 7. The van der Waals surface area contributed by atoms with Crippen LogP contribution >= 0.6 is 0 Å². The fraction of sp³-hybridized carbons (Fsp3) is 0.556. The van der Waals surface area contributed by atoms with E-state index in [0.29, 0.717) is 0 Å². The summed E-state index contributed by atoms with van der Waals surface area (Å²) in [7, 11) is 0. The van der Waals surface area contributed by atoms with Crippen LogP contribution < -0.4 is 5.32 Å². The largest absolute Gasteiger partial charge is 0.461 e. The van der Waals surface area contributed by atoms with Crippen molar-refractivity contribution in [2.75, 3.05) is 0 Å². The average molecular weight is 271 g/mol. The Kier molecular flexibility index (Phi) is 4.11. The van der Waals surface area contributed by atoms with Crippen molar-refractivity contribution in [3.8, 4) is 0 Å². The number of fused-ring (bicyclic) bond motifs is 1.